The second-order valence-electron chi connectivity index (χ2n) is 4.93. The van der Waals surface area contributed by atoms with E-state index in [4.69, 9.17) is 4.42 Å². The maximum Gasteiger partial charge on any atom is 0.341 e. The molecule has 0 unspecified atom stereocenters. The van der Waals surface area contributed by atoms with Crippen molar-refractivity contribution in [3.63, 3.8) is 0 Å². The Balaban J connectivity index is 2.21. The van der Waals surface area contributed by atoms with E-state index < -0.39 is 29.1 Å². The van der Waals surface area contributed by atoms with Crippen LogP contribution in [-0.4, -0.2) is 30.9 Å². The highest BCUT2D eigenvalue weighted by Crippen LogP contribution is 2.19. The monoisotopic (exact) mass is 323 g/mol. The first kappa shape index (κ1) is 16.7. The van der Waals surface area contributed by atoms with Crippen LogP contribution < -0.4 is 0 Å². The molecule has 0 saturated heterocycles. The number of esters is 1. The van der Waals surface area contributed by atoms with Crippen LogP contribution in [0.4, 0.5) is 8.78 Å². The topological polar surface area (TPSA) is 59.8 Å². The molecule has 1 aromatic heterocycles. The highest BCUT2D eigenvalue weighted by atomic mass is 19.1. The number of rotatable bonds is 4. The van der Waals surface area contributed by atoms with Crippen LogP contribution in [0.3, 0.4) is 0 Å². The normalized spacial score (nSPS) is 10.5. The van der Waals surface area contributed by atoms with E-state index in [1.165, 1.54) is 26.3 Å². The van der Waals surface area contributed by atoms with Gasteiger partial charge in [-0.05, 0) is 25.1 Å². The van der Waals surface area contributed by atoms with Gasteiger partial charge >= 0.3 is 5.97 Å². The molecule has 2 aromatic rings. The molecule has 1 heterocycles. The van der Waals surface area contributed by atoms with Gasteiger partial charge in [-0.25, -0.2) is 13.6 Å². The van der Waals surface area contributed by atoms with E-state index >= 15 is 0 Å². The third-order valence-corrected chi connectivity index (χ3v) is 3.29. The largest absolute Gasteiger partial charge is 0.465 e. The minimum Gasteiger partial charge on any atom is -0.465 e. The van der Waals surface area contributed by atoms with Crippen molar-refractivity contribution in [3.8, 4) is 0 Å². The lowest BCUT2D eigenvalue weighted by atomic mass is 10.1. The SMILES string of the molecule is COC(=O)c1cc(CN(C)C(=O)c2c(F)cccc2F)oc1C. The lowest BCUT2D eigenvalue weighted by Crippen LogP contribution is -2.27. The fourth-order valence-electron chi connectivity index (χ4n) is 2.13. The van der Waals surface area contributed by atoms with E-state index in [0.29, 0.717) is 11.5 Å². The van der Waals surface area contributed by atoms with Gasteiger partial charge in [0.2, 0.25) is 0 Å². The van der Waals surface area contributed by atoms with Crippen LogP contribution in [0.1, 0.15) is 32.2 Å². The first-order valence-corrected chi connectivity index (χ1v) is 6.72. The fourth-order valence-corrected chi connectivity index (χ4v) is 2.13. The molecule has 2 rings (SSSR count). The second-order valence-corrected chi connectivity index (χ2v) is 4.93. The van der Waals surface area contributed by atoms with Crippen molar-refractivity contribution in [1.82, 2.24) is 4.90 Å². The molecule has 1 amide bonds. The Labute approximate surface area is 131 Å². The molecule has 7 heteroatoms. The predicted octanol–water partition coefficient (Wildman–Crippen LogP) is 2.93. The molecule has 0 bridgehead atoms. The summed E-state index contributed by atoms with van der Waals surface area (Å²) in [7, 11) is 2.62. The van der Waals surface area contributed by atoms with E-state index in [1.807, 2.05) is 0 Å². The zero-order valence-corrected chi connectivity index (χ0v) is 12.9. The first-order valence-electron chi connectivity index (χ1n) is 6.72. The zero-order chi connectivity index (χ0) is 17.1. The zero-order valence-electron chi connectivity index (χ0n) is 12.9. The van der Waals surface area contributed by atoms with Gasteiger partial charge in [0.25, 0.3) is 5.91 Å². The van der Waals surface area contributed by atoms with Crippen LogP contribution in [0, 0.1) is 18.6 Å². The van der Waals surface area contributed by atoms with Gasteiger partial charge in [-0.15, -0.1) is 0 Å². The standard InChI is InChI=1S/C16H15F2NO4/c1-9-11(16(21)22-3)7-10(23-9)8-19(2)15(20)14-12(17)5-4-6-13(14)18/h4-7H,8H2,1-3H3. The highest BCUT2D eigenvalue weighted by Gasteiger charge is 2.23. The number of aryl methyl sites for hydroxylation is 1. The molecule has 0 aliphatic rings. The third-order valence-electron chi connectivity index (χ3n) is 3.29. The summed E-state index contributed by atoms with van der Waals surface area (Å²) in [6.07, 6.45) is 0. The van der Waals surface area contributed by atoms with Crippen molar-refractivity contribution in [1.29, 1.82) is 0 Å². The quantitative estimate of drug-likeness (QED) is 0.812. The number of carbonyl (C=O) groups excluding carboxylic acids is 2. The number of nitrogens with zero attached hydrogens (tertiary/aromatic N) is 1. The van der Waals surface area contributed by atoms with Crippen LogP contribution in [0.5, 0.6) is 0 Å². The number of furan rings is 1. The van der Waals surface area contributed by atoms with Crippen molar-refractivity contribution in [2.24, 2.45) is 0 Å². The molecule has 0 fully saturated rings. The van der Waals surface area contributed by atoms with E-state index in [1.54, 1.807) is 6.92 Å². The molecule has 0 N–H and O–H groups in total. The number of amides is 1. The first-order chi connectivity index (χ1) is 10.8. The molecule has 0 atom stereocenters. The van der Waals surface area contributed by atoms with Crippen molar-refractivity contribution < 1.29 is 27.5 Å². The minimum atomic E-state index is -0.937. The molecule has 1 aromatic carbocycles. The van der Waals surface area contributed by atoms with Gasteiger partial charge < -0.3 is 14.1 Å². The molecule has 0 aliphatic heterocycles. The Morgan fingerprint density at radius 3 is 2.43 bits per heavy atom. The summed E-state index contributed by atoms with van der Waals surface area (Å²) >= 11 is 0. The van der Waals surface area contributed by atoms with E-state index in [2.05, 4.69) is 4.74 Å². The average Bonchev–Trinajstić information content (AvgIpc) is 2.86. The fraction of sp³-hybridized carbons (Fsp3) is 0.250. The summed E-state index contributed by atoms with van der Waals surface area (Å²) in [5, 5.41) is 0. The van der Waals surface area contributed by atoms with E-state index in [-0.39, 0.29) is 12.1 Å². The lowest BCUT2D eigenvalue weighted by Gasteiger charge is -2.16. The molecular formula is C16H15F2NO4. The lowest BCUT2D eigenvalue weighted by molar-refractivity contribution is 0.0598. The van der Waals surface area contributed by atoms with Crippen molar-refractivity contribution in [3.05, 3.63) is 58.5 Å². The highest BCUT2D eigenvalue weighted by molar-refractivity contribution is 5.94. The summed E-state index contributed by atoms with van der Waals surface area (Å²) in [6, 6.07) is 4.63. The number of benzene rings is 1. The van der Waals surface area contributed by atoms with Crippen LogP contribution >= 0.6 is 0 Å². The Kier molecular flexibility index (Phi) is 4.78. The number of hydrogen-bond acceptors (Lipinski definition) is 4. The Bertz CT molecular complexity index is 734. The number of ether oxygens (including phenoxy) is 1. The molecule has 0 saturated carbocycles. The Morgan fingerprint density at radius 2 is 1.87 bits per heavy atom. The van der Waals surface area contributed by atoms with Crippen molar-refractivity contribution in [2.45, 2.75) is 13.5 Å². The minimum absolute atomic E-state index is 0.0511. The van der Waals surface area contributed by atoms with Crippen LogP contribution in [0.2, 0.25) is 0 Å². The third kappa shape index (κ3) is 3.39. The molecule has 0 radical (unpaired) electrons. The van der Waals surface area contributed by atoms with Gasteiger partial charge in [0.1, 0.15) is 34.3 Å². The Hall–Kier alpha value is -2.70. The van der Waals surface area contributed by atoms with Crippen LogP contribution in [-0.2, 0) is 11.3 Å². The van der Waals surface area contributed by atoms with Gasteiger partial charge in [-0.1, -0.05) is 6.07 Å². The van der Waals surface area contributed by atoms with Gasteiger partial charge in [0.15, 0.2) is 0 Å². The smallest absolute Gasteiger partial charge is 0.341 e. The maximum atomic E-state index is 13.6. The van der Waals surface area contributed by atoms with Gasteiger partial charge in [0, 0.05) is 7.05 Å². The molecule has 0 spiro atoms. The molecule has 0 aliphatic carbocycles. The molecule has 23 heavy (non-hydrogen) atoms. The summed E-state index contributed by atoms with van der Waals surface area (Å²) in [6.45, 7) is 1.53. The van der Waals surface area contributed by atoms with E-state index in [0.717, 1.165) is 17.0 Å². The van der Waals surface area contributed by atoms with Gasteiger partial charge in [0.05, 0.1) is 13.7 Å². The second kappa shape index (κ2) is 6.60. The predicted molar refractivity (Wildman–Crippen MR) is 76.9 cm³/mol. The number of halogens is 2. The molecule has 5 nitrogen and oxygen atoms in total. The summed E-state index contributed by atoms with van der Waals surface area (Å²) in [5.41, 5.74) is -0.396. The Morgan fingerprint density at radius 1 is 1.26 bits per heavy atom. The van der Waals surface area contributed by atoms with Gasteiger partial charge in [-0.3, -0.25) is 4.79 Å². The van der Waals surface area contributed by atoms with Gasteiger partial charge in [-0.2, -0.15) is 0 Å². The molecule has 122 valence electrons. The number of methoxy groups -OCH3 is 1. The van der Waals surface area contributed by atoms with Crippen molar-refractivity contribution in [2.75, 3.05) is 14.2 Å². The number of carbonyl (C=O) groups is 2. The maximum absolute atomic E-state index is 13.6. The average molecular weight is 323 g/mol. The van der Waals surface area contributed by atoms with Crippen LogP contribution in [0.25, 0.3) is 0 Å². The van der Waals surface area contributed by atoms with E-state index in [9.17, 15) is 18.4 Å². The number of hydrogen-bond donors (Lipinski definition) is 0. The van der Waals surface area contributed by atoms with Crippen molar-refractivity contribution >= 4 is 11.9 Å². The summed E-state index contributed by atoms with van der Waals surface area (Å²) < 4.78 is 37.3. The summed E-state index contributed by atoms with van der Waals surface area (Å²) in [5.74, 6) is -2.62. The van der Waals surface area contributed by atoms with Crippen LogP contribution in [0.15, 0.2) is 28.7 Å². The summed E-state index contributed by atoms with van der Waals surface area (Å²) in [4.78, 5) is 24.8. The molecular weight excluding hydrogens is 308 g/mol.